The Bertz CT molecular complexity index is 1660. The zero-order valence-corrected chi connectivity index (χ0v) is 18.9. The highest BCUT2D eigenvalue weighted by Gasteiger charge is 2.22. The van der Waals surface area contributed by atoms with E-state index in [2.05, 4.69) is 4.94 Å². The molecule has 36 heavy (non-hydrogen) atoms. The van der Waals surface area contributed by atoms with Crippen LogP contribution in [0, 0.1) is 0 Å². The van der Waals surface area contributed by atoms with Crippen molar-refractivity contribution in [3.8, 4) is 28.2 Å². The van der Waals surface area contributed by atoms with Crippen molar-refractivity contribution in [3.05, 3.63) is 100 Å². The molecule has 0 saturated heterocycles. The third-order valence-electron chi connectivity index (χ3n) is 6.06. The lowest BCUT2D eigenvalue weighted by atomic mass is 9.90. The molecule has 8 heteroatoms. The molecular weight excluding hydrogens is 465 g/mol. The molecule has 178 valence electrons. The molecule has 0 amide bonds. The first-order valence-corrected chi connectivity index (χ1v) is 10.9. The van der Waals surface area contributed by atoms with Crippen molar-refractivity contribution in [2.75, 3.05) is 11.9 Å². The fourth-order valence-electron chi connectivity index (χ4n) is 4.26. The molecule has 0 bridgehead atoms. The molecule has 0 radical (unpaired) electrons. The fraction of sp³-hybridized carbons (Fsp3) is 0.0357. The summed E-state index contributed by atoms with van der Waals surface area (Å²) in [6.45, 7) is 0. The van der Waals surface area contributed by atoms with Gasteiger partial charge < -0.3 is 14.4 Å². The number of anilines is 2. The van der Waals surface area contributed by atoms with Gasteiger partial charge in [-0.1, -0.05) is 12.1 Å². The van der Waals surface area contributed by atoms with Crippen molar-refractivity contribution in [1.29, 1.82) is 0 Å². The van der Waals surface area contributed by atoms with E-state index in [1.807, 2.05) is 24.1 Å². The maximum atomic E-state index is 12.4. The standard InChI is InChI=1S/C28H18FNO6/c1-30(17-3-7-20(36-29)8-4-17)18-5-10-22-25(13-18)35-26-14-19(32)6-11-23(26)27(22)21-9-2-16(15-31)12-24(21)28(33)34/h2-15H,1H3,(H,33,34). The van der Waals surface area contributed by atoms with E-state index in [0.29, 0.717) is 39.7 Å². The fourth-order valence-corrected chi connectivity index (χ4v) is 4.26. The third-order valence-corrected chi connectivity index (χ3v) is 6.06. The summed E-state index contributed by atoms with van der Waals surface area (Å²) in [5.74, 6) is -0.807. The number of benzene rings is 4. The van der Waals surface area contributed by atoms with Crippen LogP contribution in [0.15, 0.2) is 88.1 Å². The summed E-state index contributed by atoms with van der Waals surface area (Å²) in [4.78, 5) is 41.1. The summed E-state index contributed by atoms with van der Waals surface area (Å²) < 4.78 is 18.5. The minimum absolute atomic E-state index is 0.0454. The smallest absolute Gasteiger partial charge is 0.336 e. The van der Waals surface area contributed by atoms with Crippen LogP contribution in [0.1, 0.15) is 20.7 Å². The van der Waals surface area contributed by atoms with Gasteiger partial charge in [0.1, 0.15) is 17.6 Å². The first kappa shape index (κ1) is 22.8. The van der Waals surface area contributed by atoms with Crippen molar-refractivity contribution < 1.29 is 28.6 Å². The van der Waals surface area contributed by atoms with Crippen molar-refractivity contribution in [1.82, 2.24) is 0 Å². The molecule has 5 rings (SSSR count). The molecule has 0 fully saturated rings. The molecule has 0 spiro atoms. The van der Waals surface area contributed by atoms with Gasteiger partial charge in [-0.25, -0.2) is 4.79 Å². The normalized spacial score (nSPS) is 10.9. The minimum atomic E-state index is -1.19. The van der Waals surface area contributed by atoms with E-state index in [1.54, 1.807) is 36.4 Å². The number of halogens is 1. The zero-order chi connectivity index (χ0) is 25.4. The Morgan fingerprint density at radius 3 is 2.36 bits per heavy atom. The predicted octanol–water partition coefficient (Wildman–Crippen LogP) is 6.11. The number of carboxylic acids is 1. The van der Waals surface area contributed by atoms with Crippen molar-refractivity contribution >= 4 is 34.6 Å². The largest absolute Gasteiger partial charge is 0.478 e. The van der Waals surface area contributed by atoms with Crippen LogP contribution in [0.2, 0.25) is 0 Å². The van der Waals surface area contributed by atoms with E-state index < -0.39 is 5.97 Å². The Morgan fingerprint density at radius 2 is 1.67 bits per heavy atom. The van der Waals surface area contributed by atoms with Crippen molar-refractivity contribution in [2.45, 2.75) is 0 Å². The lowest BCUT2D eigenvalue weighted by Gasteiger charge is -2.21. The van der Waals surface area contributed by atoms with Gasteiger partial charge >= 0.3 is 5.97 Å². The Hall–Kier alpha value is -4.98. The van der Waals surface area contributed by atoms with Gasteiger partial charge in [-0.3, -0.25) is 14.5 Å². The highest BCUT2D eigenvalue weighted by molar-refractivity contribution is 6.08. The lowest BCUT2D eigenvalue weighted by molar-refractivity contribution is -0.00618. The summed E-state index contributed by atoms with van der Waals surface area (Å²) in [5, 5.41) is 10.5. The molecule has 1 heterocycles. The number of hydrogen-bond acceptors (Lipinski definition) is 6. The van der Waals surface area contributed by atoms with E-state index in [1.165, 1.54) is 30.3 Å². The number of hydrogen-bond donors (Lipinski definition) is 1. The van der Waals surface area contributed by atoms with Gasteiger partial charge in [0.05, 0.1) is 5.56 Å². The SMILES string of the molecule is CN(c1ccc(OF)cc1)c1ccc2c(-c3ccc(C=O)cc3C(=O)O)c3ccc(=O)cc-3oc2c1. The molecule has 3 aromatic carbocycles. The third kappa shape index (κ3) is 3.94. The van der Waals surface area contributed by atoms with Crippen LogP contribution >= 0.6 is 0 Å². The van der Waals surface area contributed by atoms with Gasteiger partial charge in [0.2, 0.25) is 0 Å². The summed E-state index contributed by atoms with van der Waals surface area (Å²) in [5.41, 5.74) is 3.37. The van der Waals surface area contributed by atoms with Crippen LogP contribution < -0.4 is 15.3 Å². The van der Waals surface area contributed by atoms with Crippen LogP contribution in [-0.2, 0) is 0 Å². The number of aldehydes is 1. The van der Waals surface area contributed by atoms with Crippen molar-refractivity contribution in [2.24, 2.45) is 0 Å². The van der Waals surface area contributed by atoms with Crippen LogP contribution in [-0.4, -0.2) is 24.4 Å². The monoisotopic (exact) mass is 483 g/mol. The van der Waals surface area contributed by atoms with Gasteiger partial charge in [0.15, 0.2) is 11.2 Å². The van der Waals surface area contributed by atoms with Gasteiger partial charge in [-0.2, -0.15) is 0 Å². The molecule has 0 saturated carbocycles. The second-order valence-corrected chi connectivity index (χ2v) is 8.17. The Balaban J connectivity index is 1.76. The van der Waals surface area contributed by atoms with E-state index in [-0.39, 0.29) is 22.3 Å². The number of nitrogens with zero attached hydrogens (tertiary/aromatic N) is 1. The molecule has 0 unspecified atom stereocenters. The molecule has 1 aliphatic carbocycles. The molecule has 0 atom stereocenters. The first-order chi connectivity index (χ1) is 17.4. The van der Waals surface area contributed by atoms with Crippen LogP contribution in [0.4, 0.5) is 15.9 Å². The summed E-state index contributed by atoms with van der Waals surface area (Å²) in [6.07, 6.45) is 0.588. The predicted molar refractivity (Wildman–Crippen MR) is 133 cm³/mol. The second-order valence-electron chi connectivity index (χ2n) is 8.17. The highest BCUT2D eigenvalue weighted by atomic mass is 19.3. The number of carbonyl (C=O) groups excluding carboxylic acids is 1. The van der Waals surface area contributed by atoms with Gasteiger partial charge in [-0.05, 0) is 60.2 Å². The maximum absolute atomic E-state index is 12.4. The van der Waals surface area contributed by atoms with Gasteiger partial charge in [0.25, 0.3) is 0 Å². The topological polar surface area (TPSA) is 97.0 Å². The number of aromatic carboxylic acids is 1. The first-order valence-electron chi connectivity index (χ1n) is 10.9. The molecule has 7 nitrogen and oxygen atoms in total. The van der Waals surface area contributed by atoms with Crippen LogP contribution in [0.5, 0.6) is 5.75 Å². The number of rotatable bonds is 6. The Labute approximate surface area is 203 Å². The number of fused-ring (bicyclic) bond motifs is 2. The Morgan fingerprint density at radius 1 is 0.944 bits per heavy atom. The highest BCUT2D eigenvalue weighted by Crippen LogP contribution is 2.42. The molecule has 0 aromatic heterocycles. The second kappa shape index (κ2) is 8.99. The summed E-state index contributed by atoms with van der Waals surface area (Å²) in [6, 6.07) is 20.6. The van der Waals surface area contributed by atoms with E-state index in [4.69, 9.17) is 4.42 Å². The molecule has 1 aliphatic heterocycles. The number of carbonyl (C=O) groups is 2. The van der Waals surface area contributed by atoms with Gasteiger partial charge in [-0.15, -0.1) is 0 Å². The average molecular weight is 483 g/mol. The number of carboxylic acid groups (broad SMARTS) is 1. The van der Waals surface area contributed by atoms with E-state index in [9.17, 15) is 24.0 Å². The lowest BCUT2D eigenvalue weighted by Crippen LogP contribution is -2.09. The molecule has 1 N–H and O–H groups in total. The molecule has 3 aromatic rings. The Kier molecular flexibility index (Phi) is 5.69. The summed E-state index contributed by atoms with van der Waals surface area (Å²) >= 11 is 0. The minimum Gasteiger partial charge on any atom is -0.478 e. The maximum Gasteiger partial charge on any atom is 0.336 e. The average Bonchev–Trinajstić information content (AvgIpc) is 2.90. The molecular formula is C28H18FNO6. The molecule has 2 aliphatic rings. The summed E-state index contributed by atoms with van der Waals surface area (Å²) in [7, 11) is 1.82. The van der Waals surface area contributed by atoms with Crippen LogP contribution in [0.3, 0.4) is 0 Å². The van der Waals surface area contributed by atoms with E-state index >= 15 is 0 Å². The van der Waals surface area contributed by atoms with Gasteiger partial charge in [0, 0.05) is 57.2 Å². The van der Waals surface area contributed by atoms with E-state index in [0.717, 1.165) is 11.4 Å². The zero-order valence-electron chi connectivity index (χ0n) is 18.9. The van der Waals surface area contributed by atoms with Crippen molar-refractivity contribution in [3.63, 3.8) is 0 Å². The van der Waals surface area contributed by atoms with Crippen LogP contribution in [0.25, 0.3) is 33.4 Å². The quantitative estimate of drug-likeness (QED) is 0.230.